The van der Waals surface area contributed by atoms with E-state index in [-0.39, 0.29) is 19.3 Å². The van der Waals surface area contributed by atoms with Gasteiger partial charge in [0.15, 0.2) is 11.5 Å². The lowest BCUT2D eigenvalue weighted by Crippen LogP contribution is -2.39. The van der Waals surface area contributed by atoms with Crippen LogP contribution in [0, 0.1) is 0 Å². The molecule has 0 saturated heterocycles. The Morgan fingerprint density at radius 2 is 1.42 bits per heavy atom. The van der Waals surface area contributed by atoms with Crippen molar-refractivity contribution in [2.75, 3.05) is 33.0 Å². The van der Waals surface area contributed by atoms with Crippen LogP contribution in [0.2, 0.25) is 0 Å². The zero-order chi connectivity index (χ0) is 29.9. The third-order valence-electron chi connectivity index (χ3n) is 7.94. The van der Waals surface area contributed by atoms with E-state index in [0.29, 0.717) is 31.7 Å². The molecule has 0 saturated carbocycles. The second-order valence-corrected chi connectivity index (χ2v) is 11.1. The van der Waals surface area contributed by atoms with Crippen LogP contribution in [0.15, 0.2) is 97.1 Å². The summed E-state index contributed by atoms with van der Waals surface area (Å²) in [6.07, 6.45) is 4.62. The summed E-state index contributed by atoms with van der Waals surface area (Å²) in [5.41, 5.74) is 6.36. The van der Waals surface area contributed by atoms with E-state index in [4.69, 9.17) is 9.47 Å². The number of aryl methyl sites for hydroxylation is 1. The SMILES string of the molecule is CCCCCc1ccc(C(=O)N(CCN(CCO)Cc2ccccc2)Cc2ccc(-c3ccc4c(c3)OCO4)cc2)cc1. The number of unbranched alkanes of at least 4 members (excludes halogenated alkanes) is 2. The summed E-state index contributed by atoms with van der Waals surface area (Å²) in [7, 11) is 0. The van der Waals surface area contributed by atoms with Crippen molar-refractivity contribution in [3.8, 4) is 22.6 Å². The first-order valence-corrected chi connectivity index (χ1v) is 15.4. The van der Waals surface area contributed by atoms with Crippen LogP contribution in [0.25, 0.3) is 11.1 Å². The number of ether oxygens (including phenoxy) is 2. The van der Waals surface area contributed by atoms with Crippen LogP contribution in [0.1, 0.15) is 53.2 Å². The first kappa shape index (κ1) is 30.3. The van der Waals surface area contributed by atoms with Crippen molar-refractivity contribution >= 4 is 5.91 Å². The van der Waals surface area contributed by atoms with E-state index >= 15 is 0 Å². The van der Waals surface area contributed by atoms with Crippen LogP contribution in [-0.4, -0.2) is 53.8 Å². The molecule has 0 unspecified atom stereocenters. The Bertz CT molecular complexity index is 1440. The Hall–Kier alpha value is -4.13. The van der Waals surface area contributed by atoms with Crippen molar-refractivity contribution in [3.63, 3.8) is 0 Å². The highest BCUT2D eigenvalue weighted by Crippen LogP contribution is 2.36. The van der Waals surface area contributed by atoms with Gasteiger partial charge in [-0.05, 0) is 64.9 Å². The first-order chi connectivity index (χ1) is 21.1. The van der Waals surface area contributed by atoms with Crippen molar-refractivity contribution in [1.29, 1.82) is 0 Å². The predicted octanol–water partition coefficient (Wildman–Crippen LogP) is 6.95. The molecule has 0 aliphatic carbocycles. The quantitative estimate of drug-likeness (QED) is 0.155. The largest absolute Gasteiger partial charge is 0.454 e. The number of rotatable bonds is 15. The fraction of sp³-hybridized carbons (Fsp3) is 0.324. The zero-order valence-corrected chi connectivity index (χ0v) is 25.1. The summed E-state index contributed by atoms with van der Waals surface area (Å²) in [5, 5.41) is 9.74. The minimum Gasteiger partial charge on any atom is -0.454 e. The average Bonchev–Trinajstić information content (AvgIpc) is 3.52. The van der Waals surface area contributed by atoms with Crippen LogP contribution < -0.4 is 9.47 Å². The van der Waals surface area contributed by atoms with Crippen LogP contribution in [0.3, 0.4) is 0 Å². The minimum atomic E-state index is 0.0172. The number of nitrogens with zero attached hydrogens (tertiary/aromatic N) is 2. The van der Waals surface area contributed by atoms with Crippen LogP contribution in [-0.2, 0) is 19.5 Å². The molecule has 43 heavy (non-hydrogen) atoms. The van der Waals surface area contributed by atoms with E-state index in [1.807, 2.05) is 53.4 Å². The van der Waals surface area contributed by atoms with E-state index in [9.17, 15) is 9.90 Å². The summed E-state index contributed by atoms with van der Waals surface area (Å²) < 4.78 is 11.0. The number of carbonyl (C=O) groups excluding carboxylic acids is 1. The van der Waals surface area contributed by atoms with Gasteiger partial charge < -0.3 is 19.5 Å². The topological polar surface area (TPSA) is 62.2 Å². The Balaban J connectivity index is 1.31. The molecule has 4 aromatic carbocycles. The maximum Gasteiger partial charge on any atom is 0.254 e. The molecule has 224 valence electrons. The molecular formula is C37H42N2O4. The monoisotopic (exact) mass is 578 g/mol. The lowest BCUT2D eigenvalue weighted by molar-refractivity contribution is 0.0713. The summed E-state index contributed by atoms with van der Waals surface area (Å²) in [5.74, 6) is 1.55. The van der Waals surface area contributed by atoms with Gasteiger partial charge >= 0.3 is 0 Å². The number of benzene rings is 4. The van der Waals surface area contributed by atoms with Crippen molar-refractivity contribution in [1.82, 2.24) is 9.80 Å². The predicted molar refractivity (Wildman–Crippen MR) is 171 cm³/mol. The van der Waals surface area contributed by atoms with Gasteiger partial charge in [0.1, 0.15) is 0 Å². The Morgan fingerprint density at radius 1 is 0.721 bits per heavy atom. The highest BCUT2D eigenvalue weighted by Gasteiger charge is 2.19. The number of carbonyl (C=O) groups is 1. The molecule has 4 aromatic rings. The molecule has 1 heterocycles. The van der Waals surface area contributed by atoms with Crippen LogP contribution in [0.4, 0.5) is 0 Å². The minimum absolute atomic E-state index is 0.0172. The molecule has 1 aliphatic rings. The third-order valence-corrected chi connectivity index (χ3v) is 7.94. The van der Waals surface area contributed by atoms with E-state index in [1.165, 1.54) is 30.4 Å². The maximum absolute atomic E-state index is 13.9. The molecule has 6 heteroatoms. The van der Waals surface area contributed by atoms with Crippen molar-refractivity contribution in [2.24, 2.45) is 0 Å². The Kier molecular flexibility index (Phi) is 10.8. The molecule has 1 amide bonds. The molecule has 1 aliphatic heterocycles. The van der Waals surface area contributed by atoms with E-state index in [1.54, 1.807) is 0 Å². The lowest BCUT2D eigenvalue weighted by Gasteiger charge is -2.28. The van der Waals surface area contributed by atoms with Gasteiger partial charge in [-0.25, -0.2) is 0 Å². The van der Waals surface area contributed by atoms with Gasteiger partial charge in [0.25, 0.3) is 5.91 Å². The molecule has 0 radical (unpaired) electrons. The van der Waals surface area contributed by atoms with Gasteiger partial charge in [-0.1, -0.05) is 92.6 Å². The van der Waals surface area contributed by atoms with Gasteiger partial charge in [-0.2, -0.15) is 0 Å². The molecule has 0 spiro atoms. The fourth-order valence-electron chi connectivity index (χ4n) is 5.44. The smallest absolute Gasteiger partial charge is 0.254 e. The van der Waals surface area contributed by atoms with E-state index in [0.717, 1.165) is 41.2 Å². The van der Waals surface area contributed by atoms with Gasteiger partial charge in [-0.3, -0.25) is 9.69 Å². The molecule has 5 rings (SSSR count). The average molecular weight is 579 g/mol. The molecule has 0 bridgehead atoms. The molecular weight excluding hydrogens is 536 g/mol. The highest BCUT2D eigenvalue weighted by atomic mass is 16.7. The first-order valence-electron chi connectivity index (χ1n) is 15.4. The summed E-state index contributed by atoms with van der Waals surface area (Å²) in [6.45, 7) is 5.51. The molecule has 0 fully saturated rings. The second kappa shape index (κ2) is 15.4. The number of amides is 1. The summed E-state index contributed by atoms with van der Waals surface area (Å²) in [6, 6.07) is 32.7. The number of hydrogen-bond donors (Lipinski definition) is 1. The standard InChI is InChI=1S/C37H42N2O4/c1-2-3-5-8-29-11-17-33(18-12-29)37(41)39(22-21-38(23-24-40)26-30-9-6-4-7-10-30)27-31-13-15-32(16-14-31)34-19-20-35-36(25-34)43-28-42-35/h4,6-7,9-20,25,40H,2-3,5,8,21-24,26-28H2,1H3. The maximum atomic E-state index is 13.9. The third kappa shape index (κ3) is 8.46. The van der Waals surface area contributed by atoms with Crippen LogP contribution in [0.5, 0.6) is 11.5 Å². The summed E-state index contributed by atoms with van der Waals surface area (Å²) in [4.78, 5) is 18.0. The molecule has 1 N–H and O–H groups in total. The second-order valence-electron chi connectivity index (χ2n) is 11.1. The van der Waals surface area contributed by atoms with Gasteiger partial charge in [0.2, 0.25) is 6.79 Å². The van der Waals surface area contributed by atoms with Crippen molar-refractivity contribution < 1.29 is 19.4 Å². The Morgan fingerprint density at radius 3 is 2.16 bits per heavy atom. The highest BCUT2D eigenvalue weighted by molar-refractivity contribution is 5.94. The molecule has 0 aromatic heterocycles. The molecule has 0 atom stereocenters. The van der Waals surface area contributed by atoms with Gasteiger partial charge in [0.05, 0.1) is 6.61 Å². The van der Waals surface area contributed by atoms with Gasteiger partial charge in [-0.15, -0.1) is 0 Å². The fourth-order valence-corrected chi connectivity index (χ4v) is 5.44. The van der Waals surface area contributed by atoms with Crippen LogP contribution >= 0.6 is 0 Å². The lowest BCUT2D eigenvalue weighted by atomic mass is 10.0. The van der Waals surface area contributed by atoms with Gasteiger partial charge in [0, 0.05) is 38.3 Å². The van der Waals surface area contributed by atoms with Crippen molar-refractivity contribution in [3.05, 3.63) is 119 Å². The number of fused-ring (bicyclic) bond motifs is 1. The van der Waals surface area contributed by atoms with E-state index in [2.05, 4.69) is 60.4 Å². The normalized spacial score (nSPS) is 12.1. The number of aliphatic hydroxyl groups excluding tert-OH is 1. The van der Waals surface area contributed by atoms with E-state index < -0.39 is 0 Å². The molecule has 6 nitrogen and oxygen atoms in total. The Labute approximate surface area is 255 Å². The summed E-state index contributed by atoms with van der Waals surface area (Å²) >= 11 is 0. The number of hydrogen-bond acceptors (Lipinski definition) is 5. The number of aliphatic hydroxyl groups is 1. The zero-order valence-electron chi connectivity index (χ0n) is 25.1. The van der Waals surface area contributed by atoms with Crippen molar-refractivity contribution in [2.45, 2.75) is 45.7 Å².